The summed E-state index contributed by atoms with van der Waals surface area (Å²) in [6, 6.07) is 1.48. The van der Waals surface area contributed by atoms with E-state index in [0.29, 0.717) is 18.8 Å². The van der Waals surface area contributed by atoms with Crippen LogP contribution < -0.4 is 10.1 Å². The van der Waals surface area contributed by atoms with Crippen molar-refractivity contribution < 1.29 is 14.3 Å². The van der Waals surface area contributed by atoms with Gasteiger partial charge in [0.2, 0.25) is 5.88 Å². The van der Waals surface area contributed by atoms with Crippen LogP contribution in [0.1, 0.15) is 12.1 Å². The molecule has 0 bridgehead atoms. The van der Waals surface area contributed by atoms with Gasteiger partial charge in [-0.1, -0.05) is 0 Å². The van der Waals surface area contributed by atoms with Crippen molar-refractivity contribution in [2.24, 2.45) is 0 Å². The number of ether oxygens (including phenoxy) is 2. The summed E-state index contributed by atoms with van der Waals surface area (Å²) < 4.78 is 10.3. The number of esters is 1. The van der Waals surface area contributed by atoms with Gasteiger partial charge in [-0.3, -0.25) is 4.79 Å². The number of nitrogens with one attached hydrogen (secondary N) is 1. The summed E-state index contributed by atoms with van der Waals surface area (Å²) >= 11 is 0. The van der Waals surface area contributed by atoms with Gasteiger partial charge in [0.15, 0.2) is 0 Å². The van der Waals surface area contributed by atoms with Crippen LogP contribution in [0.3, 0.4) is 0 Å². The highest BCUT2D eigenvalue weighted by Gasteiger charge is 2.31. The van der Waals surface area contributed by atoms with Gasteiger partial charge in [0.25, 0.3) is 0 Å². The Morgan fingerprint density at radius 1 is 1.53 bits per heavy atom. The van der Waals surface area contributed by atoms with Crippen LogP contribution in [0, 0.1) is 6.92 Å². The van der Waals surface area contributed by atoms with Crippen molar-refractivity contribution in [3.8, 4) is 5.88 Å². The molecule has 6 nitrogen and oxygen atoms in total. The second-order valence-corrected chi connectivity index (χ2v) is 3.96. The monoisotopic (exact) mass is 237 g/mol. The fraction of sp³-hybridized carbons (Fsp3) is 0.545. The SMILES string of the molecule is COC(=O)[C@@H]1C[C@H](Oc2cc(C)ncn2)CN1. The molecule has 1 aromatic heterocycles. The zero-order valence-corrected chi connectivity index (χ0v) is 9.84. The second-order valence-electron chi connectivity index (χ2n) is 3.96. The number of aromatic nitrogens is 2. The van der Waals surface area contributed by atoms with Crippen LogP contribution >= 0.6 is 0 Å². The van der Waals surface area contributed by atoms with Crippen LogP contribution in [0.15, 0.2) is 12.4 Å². The average molecular weight is 237 g/mol. The lowest BCUT2D eigenvalue weighted by molar-refractivity contribution is -0.142. The van der Waals surface area contributed by atoms with Gasteiger partial charge in [0, 0.05) is 24.7 Å². The average Bonchev–Trinajstić information content (AvgIpc) is 2.76. The smallest absolute Gasteiger partial charge is 0.323 e. The molecule has 0 amide bonds. The van der Waals surface area contributed by atoms with Gasteiger partial charge in [0.1, 0.15) is 18.5 Å². The standard InChI is InChI=1S/C11H15N3O3/c1-7-3-10(14-6-13-7)17-8-4-9(12-5-8)11(15)16-2/h3,6,8-9,12H,4-5H2,1-2H3/t8-,9-/m0/s1. The zero-order valence-electron chi connectivity index (χ0n) is 9.84. The fourth-order valence-corrected chi connectivity index (χ4v) is 1.78. The Morgan fingerprint density at radius 2 is 2.35 bits per heavy atom. The van der Waals surface area contributed by atoms with E-state index < -0.39 is 0 Å². The number of carbonyl (C=O) groups excluding carboxylic acids is 1. The molecule has 92 valence electrons. The van der Waals surface area contributed by atoms with E-state index in [1.807, 2.05) is 6.92 Å². The number of aryl methyl sites for hydroxylation is 1. The van der Waals surface area contributed by atoms with Crippen LogP contribution in [0.5, 0.6) is 5.88 Å². The topological polar surface area (TPSA) is 73.3 Å². The minimum atomic E-state index is -0.284. The molecule has 1 fully saturated rings. The molecule has 1 aliphatic heterocycles. The maximum absolute atomic E-state index is 11.3. The van der Waals surface area contributed by atoms with E-state index in [1.54, 1.807) is 6.07 Å². The minimum absolute atomic E-state index is 0.0617. The number of rotatable bonds is 3. The van der Waals surface area contributed by atoms with Gasteiger partial charge >= 0.3 is 5.97 Å². The third kappa shape index (κ3) is 2.91. The molecule has 1 aromatic rings. The molecule has 17 heavy (non-hydrogen) atoms. The molecular weight excluding hydrogens is 222 g/mol. The Bertz CT molecular complexity index is 411. The molecule has 6 heteroatoms. The second kappa shape index (κ2) is 5.09. The third-order valence-electron chi connectivity index (χ3n) is 2.64. The number of carbonyl (C=O) groups is 1. The summed E-state index contributed by atoms with van der Waals surface area (Å²) in [6.07, 6.45) is 1.99. The Kier molecular flexibility index (Phi) is 3.53. The molecule has 0 radical (unpaired) electrons. The molecule has 1 aliphatic rings. The summed E-state index contributed by atoms with van der Waals surface area (Å²) in [5, 5.41) is 3.05. The Morgan fingerprint density at radius 3 is 3.06 bits per heavy atom. The normalized spacial score (nSPS) is 23.4. The van der Waals surface area contributed by atoms with Crippen molar-refractivity contribution in [2.75, 3.05) is 13.7 Å². The number of methoxy groups -OCH3 is 1. The zero-order chi connectivity index (χ0) is 12.3. The predicted octanol–water partition coefficient (Wildman–Crippen LogP) is 0.0673. The predicted molar refractivity (Wildman–Crippen MR) is 59.6 cm³/mol. The molecule has 2 atom stereocenters. The Balaban J connectivity index is 1.92. The first-order chi connectivity index (χ1) is 8.19. The van der Waals surface area contributed by atoms with E-state index >= 15 is 0 Å². The van der Waals surface area contributed by atoms with E-state index in [4.69, 9.17) is 4.74 Å². The molecule has 0 unspecified atom stereocenters. The Hall–Kier alpha value is -1.69. The van der Waals surface area contributed by atoms with Crippen LogP contribution in [0.2, 0.25) is 0 Å². The van der Waals surface area contributed by atoms with Crippen molar-refractivity contribution in [3.63, 3.8) is 0 Å². The molecular formula is C11H15N3O3. The summed E-state index contributed by atoms with van der Waals surface area (Å²) in [6.45, 7) is 2.49. The molecule has 0 aromatic carbocycles. The lowest BCUT2D eigenvalue weighted by Gasteiger charge is -2.11. The molecule has 1 N–H and O–H groups in total. The van der Waals surface area contributed by atoms with Crippen LogP contribution in [0.4, 0.5) is 0 Å². The molecule has 0 aliphatic carbocycles. The van der Waals surface area contributed by atoms with E-state index in [1.165, 1.54) is 13.4 Å². The number of nitrogens with zero attached hydrogens (tertiary/aromatic N) is 2. The van der Waals surface area contributed by atoms with E-state index in [0.717, 1.165) is 5.69 Å². The maximum Gasteiger partial charge on any atom is 0.323 e. The highest BCUT2D eigenvalue weighted by Crippen LogP contribution is 2.15. The van der Waals surface area contributed by atoms with Crippen LogP contribution in [-0.2, 0) is 9.53 Å². The van der Waals surface area contributed by atoms with Crippen molar-refractivity contribution in [2.45, 2.75) is 25.5 Å². The maximum atomic E-state index is 11.3. The van der Waals surface area contributed by atoms with Gasteiger partial charge in [0.05, 0.1) is 7.11 Å². The van der Waals surface area contributed by atoms with Crippen LogP contribution in [0.25, 0.3) is 0 Å². The molecule has 2 rings (SSSR count). The highest BCUT2D eigenvalue weighted by atomic mass is 16.5. The first-order valence-electron chi connectivity index (χ1n) is 5.45. The molecule has 0 spiro atoms. The third-order valence-corrected chi connectivity index (χ3v) is 2.64. The van der Waals surface area contributed by atoms with Crippen LogP contribution in [-0.4, -0.2) is 41.7 Å². The quantitative estimate of drug-likeness (QED) is 0.750. The number of hydrogen-bond acceptors (Lipinski definition) is 6. The highest BCUT2D eigenvalue weighted by molar-refractivity contribution is 5.76. The lowest BCUT2D eigenvalue weighted by Crippen LogP contribution is -2.31. The first kappa shape index (κ1) is 11.8. The summed E-state index contributed by atoms with van der Waals surface area (Å²) in [4.78, 5) is 19.3. The van der Waals surface area contributed by atoms with Crippen molar-refractivity contribution in [3.05, 3.63) is 18.1 Å². The summed E-state index contributed by atoms with van der Waals surface area (Å²) in [5.41, 5.74) is 0.852. The Labute approximate surface area is 99.4 Å². The van der Waals surface area contributed by atoms with Crippen molar-refractivity contribution in [1.82, 2.24) is 15.3 Å². The summed E-state index contributed by atoms with van der Waals surface area (Å²) in [7, 11) is 1.38. The largest absolute Gasteiger partial charge is 0.473 e. The lowest BCUT2D eigenvalue weighted by atomic mass is 10.2. The minimum Gasteiger partial charge on any atom is -0.473 e. The van der Waals surface area contributed by atoms with E-state index in [9.17, 15) is 4.79 Å². The van der Waals surface area contributed by atoms with Gasteiger partial charge in [-0.25, -0.2) is 9.97 Å². The van der Waals surface area contributed by atoms with Crippen molar-refractivity contribution >= 4 is 5.97 Å². The first-order valence-corrected chi connectivity index (χ1v) is 5.45. The number of hydrogen-bond donors (Lipinski definition) is 1. The summed E-state index contributed by atoms with van der Waals surface area (Å²) in [5.74, 6) is 0.282. The van der Waals surface area contributed by atoms with Crippen molar-refractivity contribution in [1.29, 1.82) is 0 Å². The van der Waals surface area contributed by atoms with Gasteiger partial charge in [-0.2, -0.15) is 0 Å². The van der Waals surface area contributed by atoms with Gasteiger partial charge in [-0.15, -0.1) is 0 Å². The van der Waals surface area contributed by atoms with Gasteiger partial charge < -0.3 is 14.8 Å². The van der Waals surface area contributed by atoms with Gasteiger partial charge in [-0.05, 0) is 6.92 Å². The molecule has 0 saturated carbocycles. The molecule has 2 heterocycles. The molecule has 1 saturated heterocycles. The van der Waals surface area contributed by atoms with E-state index in [-0.39, 0.29) is 18.1 Å². The van der Waals surface area contributed by atoms with E-state index in [2.05, 4.69) is 20.0 Å². The fourth-order valence-electron chi connectivity index (χ4n) is 1.78.